The molecule has 0 aliphatic heterocycles. The van der Waals surface area contributed by atoms with E-state index in [1.165, 1.54) is 25.7 Å². The molecule has 1 aromatic rings. The van der Waals surface area contributed by atoms with E-state index in [1.54, 1.807) is 0 Å². The molecule has 1 aliphatic carbocycles. The number of nitrogens with one attached hydrogen (secondary N) is 1. The van der Waals surface area contributed by atoms with E-state index in [-0.39, 0.29) is 6.04 Å². The van der Waals surface area contributed by atoms with Crippen molar-refractivity contribution in [3.8, 4) is 0 Å². The van der Waals surface area contributed by atoms with Crippen LogP contribution < -0.4 is 10.2 Å². The summed E-state index contributed by atoms with van der Waals surface area (Å²) in [7, 11) is 1.89. The first kappa shape index (κ1) is 12.4. The standard InChI is InChI=1S/C12H22N4O/c1-4-5-8-16(10-6-7-10)12-15-14-11(17-12)9(2)13-3/h9-10,13H,4-8H2,1-3H3. The first-order valence-electron chi connectivity index (χ1n) is 6.53. The van der Waals surface area contributed by atoms with Crippen LogP contribution in [0, 0.1) is 0 Å². The van der Waals surface area contributed by atoms with E-state index in [2.05, 4.69) is 27.3 Å². The molecule has 0 radical (unpaired) electrons. The van der Waals surface area contributed by atoms with Gasteiger partial charge in [-0.2, -0.15) is 0 Å². The maximum Gasteiger partial charge on any atom is 0.318 e. The summed E-state index contributed by atoms with van der Waals surface area (Å²) in [5.41, 5.74) is 0. The van der Waals surface area contributed by atoms with Crippen molar-refractivity contribution in [2.24, 2.45) is 0 Å². The smallest absolute Gasteiger partial charge is 0.318 e. The van der Waals surface area contributed by atoms with Crippen molar-refractivity contribution in [3.63, 3.8) is 0 Å². The molecule has 1 fully saturated rings. The number of unbranched alkanes of at least 4 members (excludes halogenated alkanes) is 1. The van der Waals surface area contributed by atoms with Gasteiger partial charge in [0.25, 0.3) is 0 Å². The van der Waals surface area contributed by atoms with E-state index in [0.29, 0.717) is 17.9 Å². The van der Waals surface area contributed by atoms with Gasteiger partial charge in [0.05, 0.1) is 6.04 Å². The lowest BCUT2D eigenvalue weighted by molar-refractivity contribution is 0.427. The fraction of sp³-hybridized carbons (Fsp3) is 0.833. The number of hydrogen-bond acceptors (Lipinski definition) is 5. The maximum absolute atomic E-state index is 5.74. The number of nitrogens with zero attached hydrogens (tertiary/aromatic N) is 3. The number of hydrogen-bond donors (Lipinski definition) is 1. The molecule has 1 atom stereocenters. The van der Waals surface area contributed by atoms with Crippen molar-refractivity contribution < 1.29 is 4.42 Å². The van der Waals surface area contributed by atoms with Crippen LogP contribution in [0.15, 0.2) is 4.42 Å². The average Bonchev–Trinajstić information content (AvgIpc) is 3.06. The van der Waals surface area contributed by atoms with Crippen LogP contribution in [0.3, 0.4) is 0 Å². The van der Waals surface area contributed by atoms with Crippen LogP contribution >= 0.6 is 0 Å². The van der Waals surface area contributed by atoms with E-state index < -0.39 is 0 Å². The van der Waals surface area contributed by atoms with Gasteiger partial charge in [-0.3, -0.25) is 0 Å². The molecule has 1 saturated carbocycles. The minimum Gasteiger partial charge on any atom is -0.406 e. The normalized spacial score (nSPS) is 17.1. The van der Waals surface area contributed by atoms with E-state index in [0.717, 1.165) is 6.54 Å². The molecule has 5 nitrogen and oxygen atoms in total. The minimum absolute atomic E-state index is 0.114. The molecule has 2 rings (SSSR count). The third-order valence-electron chi connectivity index (χ3n) is 3.22. The van der Waals surface area contributed by atoms with Crippen LogP contribution in [-0.2, 0) is 0 Å². The Bertz CT molecular complexity index is 348. The van der Waals surface area contributed by atoms with Crippen molar-refractivity contribution >= 4 is 6.01 Å². The number of rotatable bonds is 7. The Hall–Kier alpha value is -1.10. The van der Waals surface area contributed by atoms with Crippen molar-refractivity contribution in [1.82, 2.24) is 15.5 Å². The van der Waals surface area contributed by atoms with Crippen LogP contribution in [-0.4, -0.2) is 29.8 Å². The second-order valence-corrected chi connectivity index (χ2v) is 4.71. The number of anilines is 1. The molecule has 0 bridgehead atoms. The van der Waals surface area contributed by atoms with E-state index in [1.807, 2.05) is 14.0 Å². The van der Waals surface area contributed by atoms with Crippen LogP contribution in [0.25, 0.3) is 0 Å². The predicted molar refractivity (Wildman–Crippen MR) is 67.0 cm³/mol. The summed E-state index contributed by atoms with van der Waals surface area (Å²) in [4.78, 5) is 2.27. The lowest BCUT2D eigenvalue weighted by Gasteiger charge is -2.18. The Morgan fingerprint density at radius 1 is 1.47 bits per heavy atom. The van der Waals surface area contributed by atoms with Gasteiger partial charge in [-0.15, -0.1) is 5.10 Å². The average molecular weight is 238 g/mol. The molecule has 1 aliphatic rings. The second kappa shape index (κ2) is 5.49. The molecule has 0 aromatic carbocycles. The molecule has 0 spiro atoms. The van der Waals surface area contributed by atoms with Crippen molar-refractivity contribution in [2.45, 2.75) is 51.6 Å². The van der Waals surface area contributed by atoms with E-state index >= 15 is 0 Å². The largest absolute Gasteiger partial charge is 0.406 e. The Kier molecular flexibility index (Phi) is 3.99. The van der Waals surface area contributed by atoms with Crippen molar-refractivity contribution in [1.29, 1.82) is 0 Å². The highest BCUT2D eigenvalue weighted by Crippen LogP contribution is 2.31. The van der Waals surface area contributed by atoms with E-state index in [9.17, 15) is 0 Å². The van der Waals surface area contributed by atoms with E-state index in [4.69, 9.17) is 4.42 Å². The van der Waals surface area contributed by atoms with Crippen molar-refractivity contribution in [3.05, 3.63) is 5.89 Å². The Labute approximate surface area is 103 Å². The highest BCUT2D eigenvalue weighted by atomic mass is 16.4. The van der Waals surface area contributed by atoms with Gasteiger partial charge in [-0.25, -0.2) is 0 Å². The first-order valence-corrected chi connectivity index (χ1v) is 6.53. The topological polar surface area (TPSA) is 54.2 Å². The maximum atomic E-state index is 5.74. The molecule has 1 N–H and O–H groups in total. The van der Waals surface area contributed by atoms with Crippen LogP contribution in [0.5, 0.6) is 0 Å². The predicted octanol–water partition coefficient (Wildman–Crippen LogP) is 2.12. The van der Waals surface area contributed by atoms with Crippen LogP contribution in [0.1, 0.15) is 51.5 Å². The molecular weight excluding hydrogens is 216 g/mol. The molecule has 1 aromatic heterocycles. The van der Waals surface area contributed by atoms with Gasteiger partial charge in [0.1, 0.15) is 0 Å². The van der Waals surface area contributed by atoms with Crippen molar-refractivity contribution in [2.75, 3.05) is 18.5 Å². The van der Waals surface area contributed by atoms with Gasteiger partial charge < -0.3 is 14.6 Å². The van der Waals surface area contributed by atoms with Gasteiger partial charge >= 0.3 is 6.01 Å². The SMILES string of the molecule is CCCCN(c1nnc(C(C)NC)o1)C1CC1. The fourth-order valence-corrected chi connectivity index (χ4v) is 1.79. The zero-order valence-corrected chi connectivity index (χ0v) is 10.9. The van der Waals surface area contributed by atoms with Crippen LogP contribution in [0.2, 0.25) is 0 Å². The molecule has 1 heterocycles. The lowest BCUT2D eigenvalue weighted by atomic mass is 10.3. The third kappa shape index (κ3) is 2.97. The monoisotopic (exact) mass is 238 g/mol. The molecule has 0 amide bonds. The van der Waals surface area contributed by atoms with Gasteiger partial charge in [0, 0.05) is 12.6 Å². The quantitative estimate of drug-likeness (QED) is 0.788. The minimum atomic E-state index is 0.114. The van der Waals surface area contributed by atoms with Gasteiger partial charge in [-0.1, -0.05) is 18.4 Å². The van der Waals surface area contributed by atoms with Gasteiger partial charge in [0.15, 0.2) is 0 Å². The third-order valence-corrected chi connectivity index (χ3v) is 3.22. The van der Waals surface area contributed by atoms with Crippen LogP contribution in [0.4, 0.5) is 6.01 Å². The molecule has 17 heavy (non-hydrogen) atoms. The zero-order chi connectivity index (χ0) is 12.3. The van der Waals surface area contributed by atoms with Gasteiger partial charge in [-0.05, 0) is 33.2 Å². The Balaban J connectivity index is 2.04. The lowest BCUT2D eigenvalue weighted by Crippen LogP contribution is -2.27. The summed E-state index contributed by atoms with van der Waals surface area (Å²) < 4.78 is 5.74. The second-order valence-electron chi connectivity index (χ2n) is 4.71. The summed E-state index contributed by atoms with van der Waals surface area (Å²) in [6.45, 7) is 5.24. The number of aromatic nitrogens is 2. The highest BCUT2D eigenvalue weighted by Gasteiger charge is 2.32. The summed E-state index contributed by atoms with van der Waals surface area (Å²) >= 11 is 0. The first-order chi connectivity index (χ1) is 8.26. The summed E-state index contributed by atoms with van der Waals surface area (Å²) in [6.07, 6.45) is 4.87. The molecule has 5 heteroatoms. The highest BCUT2D eigenvalue weighted by molar-refractivity contribution is 5.29. The molecule has 1 unspecified atom stereocenters. The Morgan fingerprint density at radius 3 is 2.82 bits per heavy atom. The van der Waals surface area contributed by atoms with Gasteiger partial charge in [0.2, 0.25) is 5.89 Å². The molecular formula is C12H22N4O. The fourth-order valence-electron chi connectivity index (χ4n) is 1.79. The molecule has 0 saturated heterocycles. The summed E-state index contributed by atoms with van der Waals surface area (Å²) in [5.74, 6) is 0.671. The molecule has 96 valence electrons. The summed E-state index contributed by atoms with van der Waals surface area (Å²) in [5, 5.41) is 11.4. The summed E-state index contributed by atoms with van der Waals surface area (Å²) in [6, 6.07) is 1.43. The zero-order valence-electron chi connectivity index (χ0n) is 10.9. The Morgan fingerprint density at radius 2 is 2.24 bits per heavy atom.